The molecule has 0 spiro atoms. The number of rotatable bonds is 0. The van der Waals surface area contributed by atoms with Crippen molar-refractivity contribution in [3.05, 3.63) is 70.8 Å². The first-order valence-corrected chi connectivity index (χ1v) is 9.09. The van der Waals surface area contributed by atoms with Crippen LogP contribution in [-0.4, -0.2) is 11.7 Å². The highest BCUT2D eigenvalue weighted by Gasteiger charge is 2.16. The third-order valence-corrected chi connectivity index (χ3v) is 2.86. The molecule has 2 aromatic carbocycles. The number of benzene rings is 2. The van der Waals surface area contributed by atoms with Crippen LogP contribution in [0.15, 0.2) is 53.5 Å². The monoisotopic (exact) mass is 411 g/mol. The van der Waals surface area contributed by atoms with Gasteiger partial charge in [-0.25, -0.2) is 4.99 Å². The summed E-state index contributed by atoms with van der Waals surface area (Å²) in [6.45, 7) is 12.0. The SMILES string of the molecule is C.C.C.CC.CC.CC.N#Cc1ccccc1C#N.N=C1N=C(N)c2ccccc21. The Morgan fingerprint density at radius 2 is 1.03 bits per heavy atom. The molecule has 5 nitrogen and oxygen atoms in total. The third-order valence-electron chi connectivity index (χ3n) is 2.86. The van der Waals surface area contributed by atoms with Crippen LogP contribution in [0.1, 0.15) is 86.1 Å². The van der Waals surface area contributed by atoms with E-state index in [9.17, 15) is 0 Å². The summed E-state index contributed by atoms with van der Waals surface area (Å²) in [5.74, 6) is 0.712. The fourth-order valence-corrected chi connectivity index (χ4v) is 1.83. The second-order valence-electron chi connectivity index (χ2n) is 4.16. The van der Waals surface area contributed by atoms with E-state index < -0.39 is 0 Å². The van der Waals surface area contributed by atoms with Gasteiger partial charge in [-0.05, 0) is 12.1 Å². The van der Waals surface area contributed by atoms with Crippen LogP contribution in [0.5, 0.6) is 0 Å². The maximum atomic E-state index is 8.45. The van der Waals surface area contributed by atoms with Crippen LogP contribution in [0.25, 0.3) is 0 Å². The zero-order valence-corrected chi connectivity index (χ0v) is 17.0. The molecule has 0 bridgehead atoms. The van der Waals surface area contributed by atoms with Gasteiger partial charge >= 0.3 is 0 Å². The Hall–Kier alpha value is -3.44. The molecule has 166 valence electrons. The van der Waals surface area contributed by atoms with Crippen molar-refractivity contribution in [3.8, 4) is 12.1 Å². The van der Waals surface area contributed by atoms with Crippen LogP contribution in [0.2, 0.25) is 0 Å². The van der Waals surface area contributed by atoms with Crippen LogP contribution in [0.4, 0.5) is 0 Å². The molecule has 5 heteroatoms. The molecule has 1 aliphatic rings. The summed E-state index contributed by atoms with van der Waals surface area (Å²) < 4.78 is 0. The van der Waals surface area contributed by atoms with E-state index in [2.05, 4.69) is 4.99 Å². The molecule has 0 radical (unpaired) electrons. The van der Waals surface area contributed by atoms with Gasteiger partial charge in [-0.1, -0.05) is 100 Å². The molecule has 0 saturated carbocycles. The van der Waals surface area contributed by atoms with Crippen LogP contribution < -0.4 is 5.73 Å². The highest BCUT2D eigenvalue weighted by molar-refractivity contribution is 6.20. The Kier molecular flexibility index (Phi) is 29.4. The molecule has 3 N–H and O–H groups in total. The number of hydrogen-bond donors (Lipinski definition) is 2. The third kappa shape index (κ3) is 11.4. The smallest absolute Gasteiger partial charge is 0.154 e. The van der Waals surface area contributed by atoms with Crippen LogP contribution in [0, 0.1) is 28.1 Å². The summed E-state index contributed by atoms with van der Waals surface area (Å²) >= 11 is 0. The molecule has 30 heavy (non-hydrogen) atoms. The number of nitriles is 2. The minimum absolute atomic E-state index is 0. The lowest BCUT2D eigenvalue weighted by Crippen LogP contribution is -2.09. The maximum Gasteiger partial charge on any atom is 0.154 e. The Morgan fingerprint density at radius 3 is 1.37 bits per heavy atom. The molecule has 3 rings (SSSR count). The minimum atomic E-state index is 0. The average Bonchev–Trinajstić information content (AvgIpc) is 3.06. The Balaban J connectivity index is -0.000000103. The zero-order chi connectivity index (χ0) is 21.2. The van der Waals surface area contributed by atoms with Crippen molar-refractivity contribution < 1.29 is 0 Å². The van der Waals surface area contributed by atoms with Gasteiger partial charge in [0, 0.05) is 11.1 Å². The van der Waals surface area contributed by atoms with Crippen molar-refractivity contribution in [2.45, 2.75) is 63.8 Å². The first-order chi connectivity index (χ1) is 13.2. The van der Waals surface area contributed by atoms with E-state index in [1.54, 1.807) is 24.3 Å². The lowest BCUT2D eigenvalue weighted by molar-refractivity contribution is 1.43. The van der Waals surface area contributed by atoms with E-state index in [1.807, 2.05) is 77.9 Å². The number of nitrogens with zero attached hydrogens (tertiary/aromatic N) is 3. The quantitative estimate of drug-likeness (QED) is 0.480. The molecule has 2 aromatic rings. The van der Waals surface area contributed by atoms with Crippen molar-refractivity contribution in [3.63, 3.8) is 0 Å². The summed E-state index contributed by atoms with van der Waals surface area (Å²) in [5, 5.41) is 24.3. The van der Waals surface area contributed by atoms with E-state index in [-0.39, 0.29) is 28.1 Å². The number of hydrogen-bond acceptors (Lipinski definition) is 4. The normalized spacial score (nSPS) is 8.53. The highest BCUT2D eigenvalue weighted by atomic mass is 14.9. The topological polar surface area (TPSA) is 110 Å². The van der Waals surface area contributed by atoms with Crippen LogP contribution in [0.3, 0.4) is 0 Å². The van der Waals surface area contributed by atoms with E-state index in [1.165, 1.54) is 0 Å². The first kappa shape index (κ1) is 37.3. The average molecular weight is 412 g/mol. The van der Waals surface area contributed by atoms with E-state index in [4.69, 9.17) is 21.7 Å². The Morgan fingerprint density at radius 1 is 0.700 bits per heavy atom. The molecule has 1 aliphatic heterocycles. The number of aliphatic imine (C=N–C) groups is 1. The van der Waals surface area contributed by atoms with Gasteiger partial charge in [0.25, 0.3) is 0 Å². The highest BCUT2D eigenvalue weighted by Crippen LogP contribution is 2.15. The fraction of sp³-hybridized carbons (Fsp3) is 0.360. The second kappa shape index (κ2) is 23.6. The van der Waals surface area contributed by atoms with Gasteiger partial charge in [0.2, 0.25) is 0 Å². The molecular weight excluding hydrogens is 370 g/mol. The minimum Gasteiger partial charge on any atom is -0.383 e. The summed E-state index contributed by atoms with van der Waals surface area (Å²) in [6, 6.07) is 18.1. The molecule has 0 aromatic heterocycles. The summed E-state index contributed by atoms with van der Waals surface area (Å²) in [5.41, 5.74) is 8.11. The molecule has 0 amide bonds. The van der Waals surface area contributed by atoms with Crippen molar-refractivity contribution >= 4 is 11.7 Å². The zero-order valence-electron chi connectivity index (χ0n) is 17.0. The van der Waals surface area contributed by atoms with E-state index in [0.717, 1.165) is 11.1 Å². The second-order valence-corrected chi connectivity index (χ2v) is 4.16. The van der Waals surface area contributed by atoms with Gasteiger partial charge in [0.1, 0.15) is 18.0 Å². The Labute approximate surface area is 185 Å². The van der Waals surface area contributed by atoms with E-state index in [0.29, 0.717) is 17.0 Å². The molecule has 0 fully saturated rings. The van der Waals surface area contributed by atoms with Crippen molar-refractivity contribution in [2.75, 3.05) is 0 Å². The number of fused-ring (bicyclic) bond motifs is 1. The molecule has 0 saturated heterocycles. The molecule has 0 aliphatic carbocycles. The standard InChI is InChI=1S/C8H7N3.C8H4N2.3C2H6.3CH4/c9-7-5-3-1-2-4-6(5)8(10)11-7;9-5-7-3-1-2-4-8(7)6-10;3*1-2;;;/h1-4H,(H3,9,10,11);1-4H;3*1-2H3;3*1H4. The van der Waals surface area contributed by atoms with Gasteiger partial charge in [-0.15, -0.1) is 0 Å². The first-order valence-electron chi connectivity index (χ1n) is 9.09. The van der Waals surface area contributed by atoms with Crippen molar-refractivity contribution in [1.29, 1.82) is 15.9 Å². The largest absolute Gasteiger partial charge is 0.383 e. The molecule has 0 unspecified atom stereocenters. The van der Waals surface area contributed by atoms with Crippen molar-refractivity contribution in [1.82, 2.24) is 0 Å². The lowest BCUT2D eigenvalue weighted by Gasteiger charge is -1.94. The number of nitrogens with one attached hydrogen (secondary N) is 1. The maximum absolute atomic E-state index is 8.45. The molecular formula is C25H41N5. The predicted octanol–water partition coefficient (Wildman–Crippen LogP) is 7.15. The van der Waals surface area contributed by atoms with Gasteiger partial charge in [-0.3, -0.25) is 5.41 Å². The van der Waals surface area contributed by atoms with Gasteiger partial charge in [0.05, 0.1) is 11.1 Å². The van der Waals surface area contributed by atoms with Crippen LogP contribution >= 0.6 is 0 Å². The Bertz CT molecular complexity index is 776. The van der Waals surface area contributed by atoms with Gasteiger partial charge in [0.15, 0.2) is 5.84 Å². The molecule has 0 atom stereocenters. The number of nitrogens with two attached hydrogens (primary N) is 1. The summed E-state index contributed by atoms with van der Waals surface area (Å²) in [7, 11) is 0. The molecule has 1 heterocycles. The van der Waals surface area contributed by atoms with Crippen LogP contribution in [-0.2, 0) is 0 Å². The summed E-state index contributed by atoms with van der Waals surface area (Å²) in [4.78, 5) is 3.83. The lowest BCUT2D eigenvalue weighted by atomic mass is 10.1. The van der Waals surface area contributed by atoms with Gasteiger partial charge < -0.3 is 5.73 Å². The predicted molar refractivity (Wildman–Crippen MR) is 134 cm³/mol. The van der Waals surface area contributed by atoms with Crippen molar-refractivity contribution in [2.24, 2.45) is 10.7 Å². The fourth-order valence-electron chi connectivity index (χ4n) is 1.83. The summed E-state index contributed by atoms with van der Waals surface area (Å²) in [6.07, 6.45) is 0. The number of amidine groups is 2. The van der Waals surface area contributed by atoms with E-state index >= 15 is 0 Å². The van der Waals surface area contributed by atoms with Gasteiger partial charge in [-0.2, -0.15) is 10.5 Å².